The zero-order valence-electron chi connectivity index (χ0n) is 10.4. The molecule has 0 heterocycles. The molecule has 94 valence electrons. The molecule has 0 aromatic heterocycles. The summed E-state index contributed by atoms with van der Waals surface area (Å²) in [4.78, 5) is 11.1. The van der Waals surface area contributed by atoms with Gasteiger partial charge in [0.05, 0.1) is 6.10 Å². The van der Waals surface area contributed by atoms with Gasteiger partial charge >= 0.3 is 5.97 Å². The van der Waals surface area contributed by atoms with Crippen LogP contribution in [0.5, 0.6) is 5.75 Å². The van der Waals surface area contributed by atoms with Crippen LogP contribution in [0.2, 0.25) is 0 Å². The Morgan fingerprint density at radius 2 is 2.18 bits per heavy atom. The molecule has 0 fully saturated rings. The molecule has 0 amide bonds. The molecule has 0 aliphatic carbocycles. The summed E-state index contributed by atoms with van der Waals surface area (Å²) in [6.45, 7) is 6.36. The molecular formula is C13H19NO3. The fraction of sp³-hybridized carbons (Fsp3) is 0.462. The number of carboxylic acid groups (broad SMARTS) is 1. The van der Waals surface area contributed by atoms with E-state index in [1.807, 2.05) is 26.8 Å². The number of aliphatic carboxylic acids is 1. The van der Waals surface area contributed by atoms with E-state index in [1.165, 1.54) is 0 Å². The van der Waals surface area contributed by atoms with E-state index in [9.17, 15) is 4.79 Å². The zero-order valence-corrected chi connectivity index (χ0v) is 10.4. The molecule has 1 unspecified atom stereocenters. The van der Waals surface area contributed by atoms with Crippen LogP contribution >= 0.6 is 0 Å². The predicted octanol–water partition coefficient (Wildman–Crippen LogP) is 2.21. The number of carboxylic acids is 1. The number of hydrogen-bond acceptors (Lipinski definition) is 3. The molecular weight excluding hydrogens is 218 g/mol. The van der Waals surface area contributed by atoms with Crippen LogP contribution in [0.25, 0.3) is 0 Å². The van der Waals surface area contributed by atoms with Crippen molar-refractivity contribution in [2.24, 2.45) is 0 Å². The molecule has 0 bridgehead atoms. The highest BCUT2D eigenvalue weighted by molar-refractivity contribution is 5.75. The molecule has 0 aliphatic rings. The Kier molecular flexibility index (Phi) is 4.97. The predicted molar refractivity (Wildman–Crippen MR) is 66.3 cm³/mol. The highest BCUT2D eigenvalue weighted by atomic mass is 16.5. The van der Waals surface area contributed by atoms with Crippen LogP contribution in [-0.2, 0) is 4.79 Å². The van der Waals surface area contributed by atoms with Crippen LogP contribution in [0, 0.1) is 0 Å². The summed E-state index contributed by atoms with van der Waals surface area (Å²) < 4.78 is 5.54. The molecule has 17 heavy (non-hydrogen) atoms. The lowest BCUT2D eigenvalue weighted by atomic mass is 10.1. The second kappa shape index (κ2) is 6.25. The third-order valence-electron chi connectivity index (χ3n) is 2.22. The fourth-order valence-electron chi connectivity index (χ4n) is 1.59. The average Bonchev–Trinajstić information content (AvgIpc) is 2.24. The summed E-state index contributed by atoms with van der Waals surface area (Å²) in [5.41, 5.74) is 0.706. The van der Waals surface area contributed by atoms with E-state index in [4.69, 9.17) is 9.84 Å². The number of ether oxygens (including phenoxy) is 1. The highest BCUT2D eigenvalue weighted by Gasteiger charge is 2.18. The van der Waals surface area contributed by atoms with Gasteiger partial charge in [0.2, 0.25) is 0 Å². The van der Waals surface area contributed by atoms with E-state index in [-0.39, 0.29) is 6.10 Å². The van der Waals surface area contributed by atoms with E-state index in [1.54, 1.807) is 18.2 Å². The van der Waals surface area contributed by atoms with Crippen molar-refractivity contribution in [3.63, 3.8) is 0 Å². The topological polar surface area (TPSA) is 58.6 Å². The van der Waals surface area contributed by atoms with Gasteiger partial charge in [-0.2, -0.15) is 0 Å². The molecule has 0 radical (unpaired) electrons. The first kappa shape index (κ1) is 13.5. The van der Waals surface area contributed by atoms with Gasteiger partial charge in [0.15, 0.2) is 0 Å². The molecule has 1 aromatic carbocycles. The number of nitrogens with one attached hydrogen (secondary N) is 1. The lowest BCUT2D eigenvalue weighted by Gasteiger charge is -2.15. The monoisotopic (exact) mass is 237 g/mol. The maximum atomic E-state index is 11.1. The van der Waals surface area contributed by atoms with Crippen molar-refractivity contribution in [1.82, 2.24) is 5.32 Å². The molecule has 1 rings (SSSR count). The minimum Gasteiger partial charge on any atom is -0.491 e. The lowest BCUT2D eigenvalue weighted by molar-refractivity contribution is -0.139. The minimum absolute atomic E-state index is 0.0765. The van der Waals surface area contributed by atoms with Crippen LogP contribution in [0.3, 0.4) is 0 Å². The summed E-state index contributed by atoms with van der Waals surface area (Å²) in [6.07, 6.45) is 0.0765. The van der Waals surface area contributed by atoms with Gasteiger partial charge in [0.1, 0.15) is 11.8 Å². The van der Waals surface area contributed by atoms with Crippen LogP contribution in [0.1, 0.15) is 32.4 Å². The van der Waals surface area contributed by atoms with Gasteiger partial charge in [0.25, 0.3) is 0 Å². The van der Waals surface area contributed by atoms with Crippen LogP contribution in [-0.4, -0.2) is 23.7 Å². The number of rotatable bonds is 6. The fourth-order valence-corrected chi connectivity index (χ4v) is 1.59. The van der Waals surface area contributed by atoms with E-state index in [0.29, 0.717) is 17.9 Å². The number of carbonyl (C=O) groups is 1. The SMILES string of the molecule is CCNC(C(=O)O)c1cccc(OC(C)C)c1. The van der Waals surface area contributed by atoms with Crippen LogP contribution in [0.4, 0.5) is 0 Å². The first-order valence-corrected chi connectivity index (χ1v) is 5.77. The molecule has 4 nitrogen and oxygen atoms in total. The summed E-state index contributed by atoms with van der Waals surface area (Å²) in [5, 5.41) is 12.1. The first-order chi connectivity index (χ1) is 8.04. The van der Waals surface area contributed by atoms with Gasteiger partial charge < -0.3 is 15.2 Å². The summed E-state index contributed by atoms with van der Waals surface area (Å²) in [6, 6.07) is 6.50. The molecule has 0 saturated carbocycles. The smallest absolute Gasteiger partial charge is 0.325 e. The summed E-state index contributed by atoms with van der Waals surface area (Å²) >= 11 is 0. The molecule has 1 aromatic rings. The Balaban J connectivity index is 2.91. The molecule has 4 heteroatoms. The number of benzene rings is 1. The third kappa shape index (κ3) is 4.07. The second-order valence-electron chi connectivity index (χ2n) is 4.07. The molecule has 0 aliphatic heterocycles. The van der Waals surface area contributed by atoms with Crippen molar-refractivity contribution in [2.45, 2.75) is 32.9 Å². The quantitative estimate of drug-likeness (QED) is 0.796. The molecule has 0 spiro atoms. The van der Waals surface area contributed by atoms with E-state index < -0.39 is 12.0 Å². The summed E-state index contributed by atoms with van der Waals surface area (Å²) in [7, 11) is 0. The van der Waals surface area contributed by atoms with Gasteiger partial charge in [0, 0.05) is 0 Å². The van der Waals surface area contributed by atoms with Crippen molar-refractivity contribution in [1.29, 1.82) is 0 Å². The number of likely N-dealkylation sites (N-methyl/N-ethyl adjacent to an activating group) is 1. The van der Waals surface area contributed by atoms with Crippen LogP contribution in [0.15, 0.2) is 24.3 Å². The Hall–Kier alpha value is -1.55. The Morgan fingerprint density at radius 3 is 2.71 bits per heavy atom. The maximum absolute atomic E-state index is 11.1. The van der Waals surface area contributed by atoms with Crippen molar-refractivity contribution < 1.29 is 14.6 Å². The molecule has 1 atom stereocenters. The lowest BCUT2D eigenvalue weighted by Crippen LogP contribution is -2.28. The molecule has 0 saturated heterocycles. The van der Waals surface area contributed by atoms with Gasteiger partial charge in [-0.05, 0) is 38.1 Å². The number of hydrogen-bond donors (Lipinski definition) is 2. The summed E-state index contributed by atoms with van der Waals surface area (Å²) in [5.74, 6) is -0.185. The third-order valence-corrected chi connectivity index (χ3v) is 2.22. The van der Waals surface area contributed by atoms with Crippen molar-refractivity contribution in [3.8, 4) is 5.75 Å². The standard InChI is InChI=1S/C13H19NO3/c1-4-14-12(13(15)16)10-6-5-7-11(8-10)17-9(2)3/h5-9,12,14H,4H2,1-3H3,(H,15,16). The van der Waals surface area contributed by atoms with Crippen molar-refractivity contribution in [3.05, 3.63) is 29.8 Å². The van der Waals surface area contributed by atoms with E-state index >= 15 is 0 Å². The zero-order chi connectivity index (χ0) is 12.8. The largest absolute Gasteiger partial charge is 0.491 e. The Bertz CT molecular complexity index is 377. The van der Waals surface area contributed by atoms with Gasteiger partial charge in [-0.15, -0.1) is 0 Å². The highest BCUT2D eigenvalue weighted by Crippen LogP contribution is 2.20. The van der Waals surface area contributed by atoms with E-state index in [2.05, 4.69) is 5.32 Å². The minimum atomic E-state index is -0.881. The van der Waals surface area contributed by atoms with Crippen molar-refractivity contribution >= 4 is 5.97 Å². The average molecular weight is 237 g/mol. The van der Waals surface area contributed by atoms with E-state index in [0.717, 1.165) is 0 Å². The Morgan fingerprint density at radius 1 is 1.47 bits per heavy atom. The van der Waals surface area contributed by atoms with Gasteiger partial charge in [-0.25, -0.2) is 0 Å². The van der Waals surface area contributed by atoms with Crippen molar-refractivity contribution in [2.75, 3.05) is 6.54 Å². The maximum Gasteiger partial charge on any atom is 0.325 e. The second-order valence-corrected chi connectivity index (χ2v) is 4.07. The van der Waals surface area contributed by atoms with Gasteiger partial charge in [-0.1, -0.05) is 19.1 Å². The van der Waals surface area contributed by atoms with Gasteiger partial charge in [-0.3, -0.25) is 4.79 Å². The van der Waals surface area contributed by atoms with Crippen LogP contribution < -0.4 is 10.1 Å². The first-order valence-electron chi connectivity index (χ1n) is 5.77. The Labute approximate surface area is 102 Å². The molecule has 2 N–H and O–H groups in total. The normalized spacial score (nSPS) is 12.5.